The number of carbonyl (C=O) groups is 2. The van der Waals surface area contributed by atoms with Gasteiger partial charge in [0.15, 0.2) is 5.76 Å². The highest BCUT2D eigenvalue weighted by Crippen LogP contribution is 2.52. The molecule has 2 amide bonds. The Bertz CT molecular complexity index is 799. The minimum atomic E-state index is -0.641. The van der Waals surface area contributed by atoms with Gasteiger partial charge in [-0.15, -0.1) is 0 Å². The van der Waals surface area contributed by atoms with Crippen LogP contribution >= 0.6 is 0 Å². The largest absolute Gasteiger partial charge is 0.360 e. The number of ether oxygens (including phenoxy) is 1. The zero-order valence-electron chi connectivity index (χ0n) is 17.1. The zero-order valence-corrected chi connectivity index (χ0v) is 17.1. The molecule has 3 aliphatic heterocycles. The van der Waals surface area contributed by atoms with Gasteiger partial charge in [0.25, 0.3) is 0 Å². The second kappa shape index (κ2) is 7.03. The van der Waals surface area contributed by atoms with Crippen LogP contribution in [0.5, 0.6) is 0 Å². The van der Waals surface area contributed by atoms with E-state index in [1.807, 2.05) is 30.0 Å². The fraction of sp³-hybridized carbons (Fsp3) is 0.667. The van der Waals surface area contributed by atoms with Gasteiger partial charge >= 0.3 is 0 Å². The predicted octanol–water partition coefficient (Wildman–Crippen LogP) is 2.16. The Kier molecular flexibility index (Phi) is 4.81. The molecule has 2 bridgehead atoms. The van der Waals surface area contributed by atoms with E-state index in [2.05, 4.69) is 19.0 Å². The predicted molar refractivity (Wildman–Crippen MR) is 102 cm³/mol. The van der Waals surface area contributed by atoms with Crippen LogP contribution in [0.2, 0.25) is 0 Å². The molecule has 28 heavy (non-hydrogen) atoms. The van der Waals surface area contributed by atoms with E-state index in [0.29, 0.717) is 24.8 Å². The standard InChI is InChI=1S/C21H29N3O4/c1-5-14(6-2)10-24-12-21-8-7-16(27-21)17(18(21)20(24)26)19(25)23(4)11-15-9-13(3)22-28-15/h7-9,14,16-18H,5-6,10-12H2,1-4H3/t16-,17-,18-,21-/m0/s1. The first-order chi connectivity index (χ1) is 13.4. The van der Waals surface area contributed by atoms with Gasteiger partial charge in [0, 0.05) is 19.7 Å². The number of hydrogen-bond donors (Lipinski definition) is 0. The van der Waals surface area contributed by atoms with Crippen molar-refractivity contribution in [2.45, 2.75) is 51.9 Å². The summed E-state index contributed by atoms with van der Waals surface area (Å²) in [6, 6.07) is 1.82. The van der Waals surface area contributed by atoms with E-state index in [-0.39, 0.29) is 17.9 Å². The van der Waals surface area contributed by atoms with Crippen molar-refractivity contribution in [3.8, 4) is 0 Å². The van der Waals surface area contributed by atoms with Crippen LogP contribution in [0.15, 0.2) is 22.7 Å². The minimum absolute atomic E-state index is 0.0565. The maximum atomic E-state index is 13.3. The van der Waals surface area contributed by atoms with Gasteiger partial charge in [0.05, 0.1) is 36.7 Å². The molecule has 3 aliphatic rings. The molecule has 0 aliphatic carbocycles. The van der Waals surface area contributed by atoms with Gasteiger partial charge in [-0.3, -0.25) is 9.59 Å². The fourth-order valence-electron chi connectivity index (χ4n) is 4.93. The molecule has 7 nitrogen and oxygen atoms in total. The molecule has 1 aromatic rings. The molecule has 1 spiro atoms. The Morgan fingerprint density at radius 2 is 2.18 bits per heavy atom. The Balaban J connectivity index is 1.52. The van der Waals surface area contributed by atoms with Crippen molar-refractivity contribution in [3.63, 3.8) is 0 Å². The number of carbonyl (C=O) groups excluding carboxylic acids is 2. The number of amides is 2. The molecule has 2 saturated heterocycles. The van der Waals surface area contributed by atoms with Gasteiger partial charge in [-0.2, -0.15) is 0 Å². The van der Waals surface area contributed by atoms with Gasteiger partial charge < -0.3 is 19.1 Å². The molecule has 4 heterocycles. The highest BCUT2D eigenvalue weighted by atomic mass is 16.5. The highest BCUT2D eigenvalue weighted by Gasteiger charge is 2.67. The molecular weight excluding hydrogens is 358 g/mol. The van der Waals surface area contributed by atoms with Crippen LogP contribution in [0.25, 0.3) is 0 Å². The van der Waals surface area contributed by atoms with Crippen molar-refractivity contribution in [3.05, 3.63) is 29.7 Å². The normalized spacial score (nSPS) is 30.5. The van der Waals surface area contributed by atoms with Crippen molar-refractivity contribution in [1.82, 2.24) is 15.0 Å². The molecule has 0 N–H and O–H groups in total. The van der Waals surface area contributed by atoms with E-state index in [0.717, 1.165) is 25.1 Å². The van der Waals surface area contributed by atoms with Gasteiger partial charge in [0.1, 0.15) is 5.60 Å². The fourth-order valence-corrected chi connectivity index (χ4v) is 4.93. The van der Waals surface area contributed by atoms with Gasteiger partial charge in [0.2, 0.25) is 11.8 Å². The first-order valence-corrected chi connectivity index (χ1v) is 10.2. The molecule has 0 radical (unpaired) electrons. The number of nitrogens with zero attached hydrogens (tertiary/aromatic N) is 3. The lowest BCUT2D eigenvalue weighted by atomic mass is 9.76. The summed E-state index contributed by atoms with van der Waals surface area (Å²) in [7, 11) is 1.74. The molecule has 1 aromatic heterocycles. The van der Waals surface area contributed by atoms with E-state index < -0.39 is 17.4 Å². The van der Waals surface area contributed by atoms with Crippen LogP contribution in [-0.2, 0) is 20.9 Å². The van der Waals surface area contributed by atoms with E-state index in [9.17, 15) is 9.59 Å². The molecule has 7 heteroatoms. The van der Waals surface area contributed by atoms with Gasteiger partial charge in [-0.25, -0.2) is 0 Å². The number of aryl methyl sites for hydroxylation is 1. The van der Waals surface area contributed by atoms with Crippen molar-refractivity contribution < 1.29 is 18.8 Å². The second-order valence-corrected chi connectivity index (χ2v) is 8.43. The Labute approximate surface area is 165 Å². The van der Waals surface area contributed by atoms with Crippen LogP contribution in [0.1, 0.15) is 38.1 Å². The summed E-state index contributed by atoms with van der Waals surface area (Å²) < 4.78 is 11.5. The number of aromatic nitrogens is 1. The van der Waals surface area contributed by atoms with Gasteiger partial charge in [-0.05, 0) is 12.8 Å². The summed E-state index contributed by atoms with van der Waals surface area (Å²) >= 11 is 0. The molecule has 4 atom stereocenters. The monoisotopic (exact) mass is 387 g/mol. The first kappa shape index (κ1) is 19.2. The van der Waals surface area contributed by atoms with E-state index in [4.69, 9.17) is 9.26 Å². The van der Waals surface area contributed by atoms with Crippen LogP contribution in [0.3, 0.4) is 0 Å². The van der Waals surface area contributed by atoms with E-state index in [1.165, 1.54) is 0 Å². The topological polar surface area (TPSA) is 75.9 Å². The summed E-state index contributed by atoms with van der Waals surface area (Å²) in [5, 5.41) is 3.87. The smallest absolute Gasteiger partial charge is 0.230 e. The maximum Gasteiger partial charge on any atom is 0.230 e. The summed E-state index contributed by atoms with van der Waals surface area (Å²) in [4.78, 5) is 30.0. The van der Waals surface area contributed by atoms with Crippen LogP contribution < -0.4 is 0 Å². The zero-order chi connectivity index (χ0) is 20.1. The number of fused-ring (bicyclic) bond motifs is 1. The summed E-state index contributed by atoms with van der Waals surface area (Å²) in [5.74, 6) is 0.193. The first-order valence-electron chi connectivity index (χ1n) is 10.2. The molecule has 0 saturated carbocycles. The third-order valence-corrected chi connectivity index (χ3v) is 6.54. The summed E-state index contributed by atoms with van der Waals surface area (Å²) in [6.07, 6.45) is 5.73. The van der Waals surface area contributed by atoms with Gasteiger partial charge in [-0.1, -0.05) is 44.0 Å². The van der Waals surface area contributed by atoms with Crippen molar-refractivity contribution in [2.75, 3.05) is 20.1 Å². The Morgan fingerprint density at radius 1 is 1.43 bits per heavy atom. The number of likely N-dealkylation sites (tertiary alicyclic amines) is 1. The Morgan fingerprint density at radius 3 is 2.82 bits per heavy atom. The van der Waals surface area contributed by atoms with Crippen LogP contribution in [0.4, 0.5) is 0 Å². The van der Waals surface area contributed by atoms with Crippen LogP contribution in [-0.4, -0.2) is 58.6 Å². The van der Waals surface area contributed by atoms with E-state index in [1.54, 1.807) is 11.9 Å². The second-order valence-electron chi connectivity index (χ2n) is 8.43. The number of hydrogen-bond acceptors (Lipinski definition) is 5. The molecule has 0 unspecified atom stereocenters. The Hall–Kier alpha value is -2.15. The summed E-state index contributed by atoms with van der Waals surface area (Å²) in [6.45, 7) is 7.77. The molecular formula is C21H29N3O4. The third kappa shape index (κ3) is 2.96. The molecule has 152 valence electrons. The quantitative estimate of drug-likeness (QED) is 0.670. The SMILES string of the molecule is CCC(CC)CN1C[C@]23C=C[C@H](O2)[C@H](C(=O)N(C)Cc2cc(C)no2)[C@H]3C1=O. The lowest BCUT2D eigenvalue weighted by Gasteiger charge is -2.27. The lowest BCUT2D eigenvalue weighted by molar-refractivity contribution is -0.143. The van der Waals surface area contributed by atoms with Crippen LogP contribution in [0, 0.1) is 24.7 Å². The average molecular weight is 387 g/mol. The van der Waals surface area contributed by atoms with Crippen molar-refractivity contribution >= 4 is 11.8 Å². The lowest BCUT2D eigenvalue weighted by Crippen LogP contribution is -2.44. The van der Waals surface area contributed by atoms with E-state index >= 15 is 0 Å². The average Bonchev–Trinajstić information content (AvgIpc) is 3.41. The van der Waals surface area contributed by atoms with Crippen molar-refractivity contribution in [2.24, 2.45) is 17.8 Å². The molecule has 4 rings (SSSR count). The minimum Gasteiger partial charge on any atom is -0.360 e. The van der Waals surface area contributed by atoms with Crippen molar-refractivity contribution in [1.29, 1.82) is 0 Å². The third-order valence-electron chi connectivity index (χ3n) is 6.54. The maximum absolute atomic E-state index is 13.3. The summed E-state index contributed by atoms with van der Waals surface area (Å²) in [5.41, 5.74) is 0.140. The molecule has 2 fully saturated rings. The highest BCUT2D eigenvalue weighted by molar-refractivity contribution is 5.93. The molecule has 0 aromatic carbocycles. The number of rotatable bonds is 7.